The molecule has 0 saturated carbocycles. The Hall–Kier alpha value is -2.88. The minimum atomic E-state index is -0.0621. The van der Waals surface area contributed by atoms with Crippen LogP contribution in [0.15, 0.2) is 59.0 Å². The lowest BCUT2D eigenvalue weighted by molar-refractivity contribution is 0.0727. The van der Waals surface area contributed by atoms with Crippen molar-refractivity contribution in [2.24, 2.45) is 0 Å². The van der Waals surface area contributed by atoms with E-state index in [0.717, 1.165) is 12.0 Å². The van der Waals surface area contributed by atoms with Crippen LogP contribution in [-0.4, -0.2) is 22.3 Å². The number of rotatable bonds is 2. The average molecular weight is 318 g/mol. The number of aryl methyl sites for hydroxylation is 1. The van der Waals surface area contributed by atoms with Crippen molar-refractivity contribution in [1.29, 1.82) is 0 Å². The van der Waals surface area contributed by atoms with Crippen molar-refractivity contribution in [3.05, 3.63) is 77.2 Å². The second kappa shape index (κ2) is 5.96. The summed E-state index contributed by atoms with van der Waals surface area (Å²) in [5.74, 6) is 1.000. The molecule has 0 N–H and O–H groups in total. The number of amides is 1. The van der Waals surface area contributed by atoms with E-state index < -0.39 is 0 Å². The summed E-state index contributed by atoms with van der Waals surface area (Å²) in [5.41, 5.74) is 3.82. The molecule has 1 aliphatic rings. The molecule has 0 aliphatic carbocycles. The first-order chi connectivity index (χ1) is 11.7. The Morgan fingerprint density at radius 2 is 1.75 bits per heavy atom. The molecule has 3 aromatic rings. The quantitative estimate of drug-likeness (QED) is 0.721. The van der Waals surface area contributed by atoms with Crippen LogP contribution in [0.4, 0.5) is 0 Å². The number of carbonyl (C=O) groups excluding carboxylic acids is 1. The summed E-state index contributed by atoms with van der Waals surface area (Å²) in [6.07, 6.45) is 0.879. The van der Waals surface area contributed by atoms with Gasteiger partial charge in [-0.15, -0.1) is 0 Å². The molecule has 1 aliphatic heterocycles. The van der Waals surface area contributed by atoms with E-state index in [1.165, 1.54) is 11.1 Å². The molecule has 0 spiro atoms. The summed E-state index contributed by atoms with van der Waals surface area (Å²) < 4.78 is 5.72. The molecule has 1 amide bonds. The maximum absolute atomic E-state index is 12.9. The lowest BCUT2D eigenvalue weighted by atomic mass is 10.00. The molecule has 4 heteroatoms. The van der Waals surface area contributed by atoms with Crippen LogP contribution in [0.25, 0.3) is 11.5 Å². The molecule has 2 heterocycles. The van der Waals surface area contributed by atoms with Crippen molar-refractivity contribution < 1.29 is 9.21 Å². The highest BCUT2D eigenvalue weighted by molar-refractivity contribution is 5.93. The minimum absolute atomic E-state index is 0.0621. The maximum atomic E-state index is 12.9. The first-order valence-electron chi connectivity index (χ1n) is 8.11. The van der Waals surface area contributed by atoms with Crippen LogP contribution in [0.1, 0.15) is 27.4 Å². The molecule has 0 fully saturated rings. The summed E-state index contributed by atoms with van der Waals surface area (Å²) in [5, 5.41) is 0. The number of fused-ring (bicyclic) bond motifs is 1. The zero-order valence-corrected chi connectivity index (χ0v) is 13.5. The van der Waals surface area contributed by atoms with E-state index >= 15 is 0 Å². The second-order valence-corrected chi connectivity index (χ2v) is 6.04. The van der Waals surface area contributed by atoms with E-state index in [4.69, 9.17) is 4.42 Å². The normalized spacial score (nSPS) is 13.6. The van der Waals surface area contributed by atoms with Crippen LogP contribution in [0.5, 0.6) is 0 Å². The molecule has 24 heavy (non-hydrogen) atoms. The molecule has 0 atom stereocenters. The number of hydrogen-bond donors (Lipinski definition) is 0. The minimum Gasteiger partial charge on any atom is -0.441 e. The molecular weight excluding hydrogens is 300 g/mol. The molecule has 4 nitrogen and oxygen atoms in total. The number of carbonyl (C=O) groups is 1. The Bertz CT molecular complexity index is 884. The van der Waals surface area contributed by atoms with Gasteiger partial charge in [0.2, 0.25) is 5.89 Å². The molecule has 4 rings (SSSR count). The van der Waals surface area contributed by atoms with E-state index in [-0.39, 0.29) is 5.91 Å². The fourth-order valence-corrected chi connectivity index (χ4v) is 3.12. The van der Waals surface area contributed by atoms with Crippen LogP contribution < -0.4 is 0 Å². The Balaban J connectivity index is 1.61. The zero-order chi connectivity index (χ0) is 16.5. The van der Waals surface area contributed by atoms with Gasteiger partial charge >= 0.3 is 0 Å². The van der Waals surface area contributed by atoms with Gasteiger partial charge in [-0.1, -0.05) is 42.5 Å². The van der Waals surface area contributed by atoms with Gasteiger partial charge < -0.3 is 9.32 Å². The standard InChI is InChI=1S/C20H18N2O2/c1-14-18(21-19(24-14)16-8-3-2-4-9-16)20(23)22-12-11-15-7-5-6-10-17(15)13-22/h2-10H,11-13H2,1H3. The van der Waals surface area contributed by atoms with Gasteiger partial charge in [-0.3, -0.25) is 4.79 Å². The van der Waals surface area contributed by atoms with Crippen LogP contribution in [0.2, 0.25) is 0 Å². The molecule has 120 valence electrons. The van der Waals surface area contributed by atoms with Gasteiger partial charge in [-0.05, 0) is 36.6 Å². The fraction of sp³-hybridized carbons (Fsp3) is 0.200. The molecule has 0 bridgehead atoms. The van der Waals surface area contributed by atoms with Gasteiger partial charge in [0.1, 0.15) is 5.76 Å². The van der Waals surface area contributed by atoms with Gasteiger partial charge in [0.25, 0.3) is 5.91 Å². The van der Waals surface area contributed by atoms with Crippen LogP contribution in [0.3, 0.4) is 0 Å². The molecule has 0 radical (unpaired) electrons. The Labute approximate surface area is 140 Å². The number of hydrogen-bond acceptors (Lipinski definition) is 3. The first kappa shape index (κ1) is 14.7. The molecule has 2 aromatic carbocycles. The van der Waals surface area contributed by atoms with Crippen molar-refractivity contribution in [2.45, 2.75) is 19.9 Å². The van der Waals surface area contributed by atoms with Gasteiger partial charge in [-0.2, -0.15) is 0 Å². The first-order valence-corrected chi connectivity index (χ1v) is 8.11. The van der Waals surface area contributed by atoms with Crippen LogP contribution in [-0.2, 0) is 13.0 Å². The number of benzene rings is 2. The summed E-state index contributed by atoms with van der Waals surface area (Å²) in [4.78, 5) is 19.2. The van der Waals surface area contributed by atoms with Crippen molar-refractivity contribution >= 4 is 5.91 Å². The highest BCUT2D eigenvalue weighted by Gasteiger charge is 2.26. The fourth-order valence-electron chi connectivity index (χ4n) is 3.12. The molecule has 0 saturated heterocycles. The topological polar surface area (TPSA) is 46.3 Å². The van der Waals surface area contributed by atoms with E-state index in [1.807, 2.05) is 47.4 Å². The number of nitrogens with zero attached hydrogens (tertiary/aromatic N) is 2. The van der Waals surface area contributed by atoms with E-state index in [0.29, 0.717) is 30.4 Å². The Morgan fingerprint density at radius 1 is 1.04 bits per heavy atom. The smallest absolute Gasteiger partial charge is 0.276 e. The summed E-state index contributed by atoms with van der Waals surface area (Å²) in [6, 6.07) is 17.9. The average Bonchev–Trinajstić information content (AvgIpc) is 3.03. The van der Waals surface area contributed by atoms with Crippen LogP contribution in [0, 0.1) is 6.92 Å². The summed E-state index contributed by atoms with van der Waals surface area (Å²) in [6.45, 7) is 3.13. The highest BCUT2D eigenvalue weighted by Crippen LogP contribution is 2.24. The second-order valence-electron chi connectivity index (χ2n) is 6.04. The van der Waals surface area contributed by atoms with Gasteiger partial charge in [0.15, 0.2) is 5.69 Å². The lowest BCUT2D eigenvalue weighted by Gasteiger charge is -2.28. The monoisotopic (exact) mass is 318 g/mol. The van der Waals surface area contributed by atoms with Crippen molar-refractivity contribution in [1.82, 2.24) is 9.88 Å². The zero-order valence-electron chi connectivity index (χ0n) is 13.5. The summed E-state index contributed by atoms with van der Waals surface area (Å²) >= 11 is 0. The predicted octanol–water partition coefficient (Wildman–Crippen LogP) is 3.85. The number of oxazole rings is 1. The molecule has 0 unspecified atom stereocenters. The van der Waals surface area contributed by atoms with Crippen molar-refractivity contribution in [3.8, 4) is 11.5 Å². The molecular formula is C20H18N2O2. The summed E-state index contributed by atoms with van der Waals surface area (Å²) in [7, 11) is 0. The van der Waals surface area contributed by atoms with Crippen molar-refractivity contribution in [3.63, 3.8) is 0 Å². The number of aromatic nitrogens is 1. The third-order valence-electron chi connectivity index (χ3n) is 4.44. The van der Waals surface area contributed by atoms with Crippen LogP contribution >= 0.6 is 0 Å². The third-order valence-corrected chi connectivity index (χ3v) is 4.44. The molecule has 1 aromatic heterocycles. The highest BCUT2D eigenvalue weighted by atomic mass is 16.4. The van der Waals surface area contributed by atoms with E-state index in [1.54, 1.807) is 6.92 Å². The Morgan fingerprint density at radius 3 is 2.54 bits per heavy atom. The van der Waals surface area contributed by atoms with E-state index in [9.17, 15) is 4.79 Å². The van der Waals surface area contributed by atoms with E-state index in [2.05, 4.69) is 17.1 Å². The largest absolute Gasteiger partial charge is 0.441 e. The van der Waals surface area contributed by atoms with Crippen molar-refractivity contribution in [2.75, 3.05) is 6.54 Å². The van der Waals surface area contributed by atoms with Gasteiger partial charge in [0, 0.05) is 18.7 Å². The van der Waals surface area contributed by atoms with Gasteiger partial charge in [-0.25, -0.2) is 4.98 Å². The maximum Gasteiger partial charge on any atom is 0.276 e. The Kier molecular flexibility index (Phi) is 3.65. The third kappa shape index (κ3) is 2.60. The SMILES string of the molecule is Cc1oc(-c2ccccc2)nc1C(=O)N1CCc2ccccc2C1. The van der Waals surface area contributed by atoms with Gasteiger partial charge in [0.05, 0.1) is 0 Å². The lowest BCUT2D eigenvalue weighted by Crippen LogP contribution is -2.36. The predicted molar refractivity (Wildman–Crippen MR) is 91.6 cm³/mol.